The van der Waals surface area contributed by atoms with Crippen molar-refractivity contribution >= 4 is 11.8 Å². The van der Waals surface area contributed by atoms with Crippen LogP contribution in [0.2, 0.25) is 0 Å². The van der Waals surface area contributed by atoms with Crippen molar-refractivity contribution < 1.29 is 18.4 Å². The molecule has 8 heteroatoms. The molecule has 6 nitrogen and oxygen atoms in total. The van der Waals surface area contributed by atoms with E-state index in [0.717, 1.165) is 30.7 Å². The first kappa shape index (κ1) is 20.7. The fourth-order valence-electron chi connectivity index (χ4n) is 3.74. The van der Waals surface area contributed by atoms with Gasteiger partial charge < -0.3 is 10.2 Å². The molecule has 0 unspecified atom stereocenters. The Bertz CT molecular complexity index is 1080. The third-order valence-electron chi connectivity index (χ3n) is 5.38. The van der Waals surface area contributed by atoms with Gasteiger partial charge in [-0.3, -0.25) is 14.7 Å². The molecular formula is C23H22F2N4O2. The van der Waals surface area contributed by atoms with Crippen LogP contribution in [0.25, 0.3) is 0 Å². The van der Waals surface area contributed by atoms with Gasteiger partial charge in [0.15, 0.2) is 5.69 Å². The molecule has 0 bridgehead atoms. The number of nitrogens with zero attached hydrogens (tertiary/aromatic N) is 2. The number of aromatic nitrogens is 2. The number of hydrogen-bond acceptors (Lipinski definition) is 3. The van der Waals surface area contributed by atoms with Gasteiger partial charge in [-0.05, 0) is 30.5 Å². The quantitative estimate of drug-likeness (QED) is 0.597. The van der Waals surface area contributed by atoms with Crippen molar-refractivity contribution in [3.05, 3.63) is 88.2 Å². The number of carbonyl (C=O) groups is 2. The molecule has 31 heavy (non-hydrogen) atoms. The molecular weight excluding hydrogens is 402 g/mol. The van der Waals surface area contributed by atoms with E-state index in [1.54, 1.807) is 0 Å². The number of amides is 2. The lowest BCUT2D eigenvalue weighted by Crippen LogP contribution is -2.37. The summed E-state index contributed by atoms with van der Waals surface area (Å²) in [5.74, 6) is -2.88. The minimum atomic E-state index is -0.903. The Morgan fingerprint density at radius 3 is 2.55 bits per heavy atom. The minimum Gasteiger partial charge on any atom is -0.351 e. The van der Waals surface area contributed by atoms with Crippen LogP contribution in [0.15, 0.2) is 48.5 Å². The first-order valence-electron chi connectivity index (χ1n) is 10.2. The Kier molecular flexibility index (Phi) is 6.06. The minimum absolute atomic E-state index is 0.0607. The van der Waals surface area contributed by atoms with Gasteiger partial charge in [0, 0.05) is 30.8 Å². The summed E-state index contributed by atoms with van der Waals surface area (Å²) in [6, 6.07) is 13.3. The SMILES string of the molecule is O=C(NCCCc1ccccc1)c1n[nH]c2c1CN(C(=O)c1c(F)cccc1F)CC2. The van der Waals surface area contributed by atoms with Crippen LogP contribution in [-0.4, -0.2) is 40.0 Å². The predicted molar refractivity (Wildman–Crippen MR) is 110 cm³/mol. The van der Waals surface area contributed by atoms with Crippen molar-refractivity contribution in [3.63, 3.8) is 0 Å². The fraction of sp³-hybridized carbons (Fsp3) is 0.261. The Labute approximate surface area is 178 Å². The van der Waals surface area contributed by atoms with E-state index in [1.807, 2.05) is 30.3 Å². The zero-order chi connectivity index (χ0) is 21.8. The molecule has 0 saturated carbocycles. The molecule has 1 aliphatic rings. The van der Waals surface area contributed by atoms with E-state index in [2.05, 4.69) is 15.5 Å². The maximum absolute atomic E-state index is 14.0. The second-order valence-electron chi connectivity index (χ2n) is 7.45. The van der Waals surface area contributed by atoms with Crippen LogP contribution in [0.5, 0.6) is 0 Å². The molecule has 160 valence electrons. The Morgan fingerprint density at radius 2 is 1.81 bits per heavy atom. The molecule has 3 aromatic rings. The summed E-state index contributed by atoms with van der Waals surface area (Å²) in [7, 11) is 0. The molecule has 1 aliphatic heterocycles. The largest absolute Gasteiger partial charge is 0.351 e. The molecule has 2 N–H and O–H groups in total. The molecule has 0 fully saturated rings. The highest BCUT2D eigenvalue weighted by Crippen LogP contribution is 2.23. The fourth-order valence-corrected chi connectivity index (χ4v) is 3.74. The monoisotopic (exact) mass is 424 g/mol. The molecule has 1 aromatic heterocycles. The standard InChI is InChI=1S/C23H22F2N4O2/c24-17-9-4-10-18(25)20(17)23(31)29-13-11-19-16(14-29)21(28-27-19)22(30)26-12-5-8-15-6-2-1-3-7-15/h1-4,6-7,9-10H,5,8,11-14H2,(H,26,30)(H,27,28). The van der Waals surface area contributed by atoms with Gasteiger partial charge in [0.05, 0.1) is 6.54 Å². The van der Waals surface area contributed by atoms with Crippen LogP contribution in [0.1, 0.15) is 44.1 Å². The van der Waals surface area contributed by atoms with Gasteiger partial charge in [-0.1, -0.05) is 36.4 Å². The van der Waals surface area contributed by atoms with E-state index < -0.39 is 23.1 Å². The summed E-state index contributed by atoms with van der Waals surface area (Å²) in [4.78, 5) is 26.7. The van der Waals surface area contributed by atoms with Crippen molar-refractivity contribution in [2.24, 2.45) is 0 Å². The van der Waals surface area contributed by atoms with E-state index >= 15 is 0 Å². The number of fused-ring (bicyclic) bond motifs is 1. The molecule has 2 aromatic carbocycles. The third kappa shape index (κ3) is 4.47. The highest BCUT2D eigenvalue weighted by molar-refractivity contribution is 5.96. The lowest BCUT2D eigenvalue weighted by atomic mass is 10.0. The van der Waals surface area contributed by atoms with Crippen molar-refractivity contribution in [2.75, 3.05) is 13.1 Å². The second-order valence-corrected chi connectivity index (χ2v) is 7.45. The number of halogens is 2. The Morgan fingerprint density at radius 1 is 1.06 bits per heavy atom. The molecule has 0 aliphatic carbocycles. The lowest BCUT2D eigenvalue weighted by Gasteiger charge is -2.27. The average molecular weight is 424 g/mol. The number of aryl methyl sites for hydroxylation is 1. The van der Waals surface area contributed by atoms with Gasteiger partial charge in [-0.15, -0.1) is 0 Å². The number of benzene rings is 2. The molecule has 2 heterocycles. The van der Waals surface area contributed by atoms with Gasteiger partial charge in [-0.2, -0.15) is 5.10 Å². The van der Waals surface area contributed by atoms with E-state index in [9.17, 15) is 18.4 Å². The molecule has 0 radical (unpaired) electrons. The van der Waals surface area contributed by atoms with Crippen LogP contribution in [0, 0.1) is 11.6 Å². The number of hydrogen-bond donors (Lipinski definition) is 2. The van der Waals surface area contributed by atoms with Gasteiger partial charge in [0.25, 0.3) is 11.8 Å². The smallest absolute Gasteiger partial charge is 0.272 e. The third-order valence-corrected chi connectivity index (χ3v) is 5.38. The highest BCUT2D eigenvalue weighted by atomic mass is 19.1. The van der Waals surface area contributed by atoms with Crippen molar-refractivity contribution in [1.82, 2.24) is 20.4 Å². The molecule has 0 atom stereocenters. The van der Waals surface area contributed by atoms with Crippen LogP contribution in [0.3, 0.4) is 0 Å². The Hall–Kier alpha value is -3.55. The summed E-state index contributed by atoms with van der Waals surface area (Å²) in [5, 5.41) is 9.82. The number of carbonyl (C=O) groups excluding carboxylic acids is 2. The van der Waals surface area contributed by atoms with Crippen molar-refractivity contribution in [3.8, 4) is 0 Å². The van der Waals surface area contributed by atoms with Gasteiger partial charge in [-0.25, -0.2) is 8.78 Å². The maximum atomic E-state index is 14.0. The first-order chi connectivity index (χ1) is 15.0. The number of H-pyrrole nitrogens is 1. The topological polar surface area (TPSA) is 78.1 Å². The van der Waals surface area contributed by atoms with E-state index in [4.69, 9.17) is 0 Å². The highest BCUT2D eigenvalue weighted by Gasteiger charge is 2.30. The summed E-state index contributed by atoms with van der Waals surface area (Å²) in [6.07, 6.45) is 2.04. The van der Waals surface area contributed by atoms with Gasteiger partial charge >= 0.3 is 0 Å². The molecule has 2 amide bonds. The number of nitrogens with one attached hydrogen (secondary N) is 2. The normalized spacial score (nSPS) is 13.0. The first-order valence-corrected chi connectivity index (χ1v) is 10.2. The van der Waals surface area contributed by atoms with Crippen LogP contribution < -0.4 is 5.32 Å². The van der Waals surface area contributed by atoms with Crippen LogP contribution in [0.4, 0.5) is 8.78 Å². The van der Waals surface area contributed by atoms with Gasteiger partial charge in [0.1, 0.15) is 17.2 Å². The number of aromatic amines is 1. The summed E-state index contributed by atoms with van der Waals surface area (Å²) in [5.41, 5.74) is 2.16. The van der Waals surface area contributed by atoms with Gasteiger partial charge in [0.2, 0.25) is 0 Å². The molecule has 4 rings (SSSR count). The Balaban J connectivity index is 1.40. The maximum Gasteiger partial charge on any atom is 0.272 e. The van der Waals surface area contributed by atoms with Crippen molar-refractivity contribution in [2.45, 2.75) is 25.8 Å². The second kappa shape index (κ2) is 9.07. The zero-order valence-electron chi connectivity index (χ0n) is 16.8. The molecule has 0 saturated heterocycles. The lowest BCUT2D eigenvalue weighted by molar-refractivity contribution is 0.0721. The summed E-state index contributed by atoms with van der Waals surface area (Å²) < 4.78 is 28.0. The molecule has 0 spiro atoms. The van der Waals surface area contributed by atoms with E-state index in [-0.39, 0.29) is 24.7 Å². The van der Waals surface area contributed by atoms with E-state index in [0.29, 0.717) is 18.5 Å². The average Bonchev–Trinajstić information content (AvgIpc) is 3.20. The zero-order valence-corrected chi connectivity index (χ0v) is 16.8. The summed E-state index contributed by atoms with van der Waals surface area (Å²) in [6.45, 7) is 0.823. The number of rotatable bonds is 6. The summed E-state index contributed by atoms with van der Waals surface area (Å²) >= 11 is 0. The van der Waals surface area contributed by atoms with E-state index in [1.165, 1.54) is 16.5 Å². The predicted octanol–water partition coefficient (Wildman–Crippen LogP) is 3.25. The van der Waals surface area contributed by atoms with Crippen LogP contribution >= 0.6 is 0 Å². The van der Waals surface area contributed by atoms with Crippen LogP contribution in [-0.2, 0) is 19.4 Å². The van der Waals surface area contributed by atoms with Crippen molar-refractivity contribution in [1.29, 1.82) is 0 Å².